The molecule has 0 radical (unpaired) electrons. The van der Waals surface area contributed by atoms with E-state index >= 15 is 0 Å². The van der Waals surface area contributed by atoms with Crippen molar-refractivity contribution in [2.24, 2.45) is 0 Å². The Bertz CT molecular complexity index is 304. The average Bonchev–Trinajstić information content (AvgIpc) is 2.72. The van der Waals surface area contributed by atoms with E-state index in [2.05, 4.69) is 29.6 Å². The number of rotatable bonds is 5. The van der Waals surface area contributed by atoms with E-state index in [1.165, 1.54) is 4.90 Å². The van der Waals surface area contributed by atoms with Crippen LogP contribution in [-0.2, 0) is 0 Å². The number of benzene rings is 1. The second-order valence-electron chi connectivity index (χ2n) is 4.22. The Morgan fingerprint density at radius 3 is 2.75 bits per heavy atom. The van der Waals surface area contributed by atoms with Gasteiger partial charge in [-0.25, -0.2) is 0 Å². The lowest BCUT2D eigenvalue weighted by Crippen LogP contribution is -2.36. The van der Waals surface area contributed by atoms with Gasteiger partial charge in [-0.2, -0.15) is 0 Å². The highest BCUT2D eigenvalue weighted by atomic mass is 32.2. The van der Waals surface area contributed by atoms with Gasteiger partial charge in [-0.05, 0) is 31.4 Å². The Kier molecular flexibility index (Phi) is 4.69. The standard InChI is InChI=1S/C13H19NOS/c15-13-8-4-7-12(13)14-9-10-16-11-5-2-1-3-6-11/h1-3,5-6,12-15H,4,7-10H2/t12-,13-/m0/s1. The lowest BCUT2D eigenvalue weighted by Gasteiger charge is -2.15. The normalized spacial score (nSPS) is 24.8. The minimum Gasteiger partial charge on any atom is -0.392 e. The third-order valence-corrected chi connectivity index (χ3v) is 4.01. The van der Waals surface area contributed by atoms with Crippen molar-refractivity contribution in [3.05, 3.63) is 30.3 Å². The molecule has 1 aromatic rings. The summed E-state index contributed by atoms with van der Waals surface area (Å²) in [7, 11) is 0. The van der Waals surface area contributed by atoms with E-state index in [0.29, 0.717) is 6.04 Å². The molecule has 1 fully saturated rings. The summed E-state index contributed by atoms with van der Waals surface area (Å²) in [5.41, 5.74) is 0. The van der Waals surface area contributed by atoms with Crippen LogP contribution in [0.25, 0.3) is 0 Å². The van der Waals surface area contributed by atoms with E-state index in [-0.39, 0.29) is 6.10 Å². The highest BCUT2D eigenvalue weighted by Crippen LogP contribution is 2.19. The van der Waals surface area contributed by atoms with Crippen molar-refractivity contribution in [3.8, 4) is 0 Å². The molecule has 2 nitrogen and oxygen atoms in total. The Morgan fingerprint density at radius 1 is 1.25 bits per heavy atom. The van der Waals surface area contributed by atoms with E-state index in [0.717, 1.165) is 31.6 Å². The van der Waals surface area contributed by atoms with Gasteiger partial charge in [0, 0.05) is 23.2 Å². The molecule has 0 amide bonds. The molecule has 16 heavy (non-hydrogen) atoms. The summed E-state index contributed by atoms with van der Waals surface area (Å²) in [5.74, 6) is 1.06. The highest BCUT2D eigenvalue weighted by Gasteiger charge is 2.23. The van der Waals surface area contributed by atoms with Gasteiger partial charge in [0.2, 0.25) is 0 Å². The highest BCUT2D eigenvalue weighted by molar-refractivity contribution is 7.99. The molecule has 88 valence electrons. The van der Waals surface area contributed by atoms with Crippen LogP contribution in [0.5, 0.6) is 0 Å². The van der Waals surface area contributed by atoms with Crippen molar-refractivity contribution < 1.29 is 5.11 Å². The van der Waals surface area contributed by atoms with Crippen LogP contribution in [-0.4, -0.2) is 29.5 Å². The molecule has 0 aliphatic heterocycles. The van der Waals surface area contributed by atoms with Gasteiger partial charge in [0.05, 0.1) is 6.10 Å². The number of aliphatic hydroxyl groups is 1. The molecule has 1 aliphatic carbocycles. The third kappa shape index (κ3) is 3.51. The first-order valence-electron chi connectivity index (χ1n) is 5.95. The van der Waals surface area contributed by atoms with Gasteiger partial charge in [0.15, 0.2) is 0 Å². The van der Waals surface area contributed by atoms with Gasteiger partial charge in [0.1, 0.15) is 0 Å². The largest absolute Gasteiger partial charge is 0.392 e. The zero-order valence-electron chi connectivity index (χ0n) is 9.43. The van der Waals surface area contributed by atoms with Crippen molar-refractivity contribution >= 4 is 11.8 Å². The fourth-order valence-electron chi connectivity index (χ4n) is 2.11. The number of hydrogen-bond acceptors (Lipinski definition) is 3. The predicted octanol–water partition coefficient (Wildman–Crippen LogP) is 2.28. The summed E-state index contributed by atoms with van der Waals surface area (Å²) >= 11 is 1.86. The second kappa shape index (κ2) is 6.28. The maximum absolute atomic E-state index is 9.64. The molecular weight excluding hydrogens is 218 g/mol. The van der Waals surface area contributed by atoms with Crippen LogP contribution in [0.4, 0.5) is 0 Å². The average molecular weight is 237 g/mol. The van der Waals surface area contributed by atoms with E-state index in [1.807, 2.05) is 17.8 Å². The fourth-order valence-corrected chi connectivity index (χ4v) is 2.91. The monoisotopic (exact) mass is 237 g/mol. The molecule has 0 unspecified atom stereocenters. The minimum absolute atomic E-state index is 0.123. The molecule has 0 aromatic heterocycles. The van der Waals surface area contributed by atoms with E-state index in [1.54, 1.807) is 0 Å². The van der Waals surface area contributed by atoms with Crippen LogP contribution in [0.2, 0.25) is 0 Å². The molecule has 2 N–H and O–H groups in total. The second-order valence-corrected chi connectivity index (χ2v) is 5.39. The van der Waals surface area contributed by atoms with Gasteiger partial charge in [0.25, 0.3) is 0 Å². The third-order valence-electron chi connectivity index (χ3n) is 3.00. The van der Waals surface area contributed by atoms with Gasteiger partial charge in [-0.3, -0.25) is 0 Å². The zero-order valence-corrected chi connectivity index (χ0v) is 10.2. The first-order chi connectivity index (χ1) is 7.86. The predicted molar refractivity (Wildman–Crippen MR) is 68.8 cm³/mol. The molecule has 3 heteroatoms. The molecule has 0 saturated heterocycles. The van der Waals surface area contributed by atoms with Crippen LogP contribution in [0.15, 0.2) is 35.2 Å². The summed E-state index contributed by atoms with van der Waals surface area (Å²) in [6.07, 6.45) is 3.12. The van der Waals surface area contributed by atoms with Crippen LogP contribution >= 0.6 is 11.8 Å². The van der Waals surface area contributed by atoms with Gasteiger partial charge < -0.3 is 10.4 Å². The maximum Gasteiger partial charge on any atom is 0.0693 e. The molecule has 0 bridgehead atoms. The molecule has 1 saturated carbocycles. The lowest BCUT2D eigenvalue weighted by molar-refractivity contribution is 0.150. The molecule has 2 atom stereocenters. The van der Waals surface area contributed by atoms with Crippen LogP contribution in [0.1, 0.15) is 19.3 Å². The van der Waals surface area contributed by atoms with Crippen molar-refractivity contribution in [2.45, 2.75) is 36.3 Å². The number of aliphatic hydroxyl groups excluding tert-OH is 1. The molecular formula is C13H19NOS. The van der Waals surface area contributed by atoms with Crippen molar-refractivity contribution in [1.29, 1.82) is 0 Å². The fraction of sp³-hybridized carbons (Fsp3) is 0.538. The molecule has 2 rings (SSSR count). The summed E-state index contributed by atoms with van der Waals surface area (Å²) in [6.45, 7) is 0.973. The van der Waals surface area contributed by atoms with Gasteiger partial charge in [-0.15, -0.1) is 11.8 Å². The van der Waals surface area contributed by atoms with Crippen LogP contribution < -0.4 is 5.32 Å². The molecule has 1 aromatic carbocycles. The SMILES string of the molecule is O[C@H]1CCC[C@@H]1NCCSc1ccccc1. The number of thioether (sulfide) groups is 1. The Labute approximate surface area is 101 Å². The molecule has 0 heterocycles. The Hall–Kier alpha value is -0.510. The quantitative estimate of drug-likeness (QED) is 0.609. The number of nitrogens with one attached hydrogen (secondary N) is 1. The van der Waals surface area contributed by atoms with Crippen molar-refractivity contribution in [3.63, 3.8) is 0 Å². The molecule has 1 aliphatic rings. The topological polar surface area (TPSA) is 32.3 Å². The first-order valence-corrected chi connectivity index (χ1v) is 6.94. The number of hydrogen-bond donors (Lipinski definition) is 2. The van der Waals surface area contributed by atoms with Crippen molar-refractivity contribution in [2.75, 3.05) is 12.3 Å². The van der Waals surface area contributed by atoms with Gasteiger partial charge >= 0.3 is 0 Å². The maximum atomic E-state index is 9.64. The minimum atomic E-state index is -0.123. The summed E-state index contributed by atoms with van der Waals surface area (Å²) in [4.78, 5) is 1.32. The zero-order chi connectivity index (χ0) is 11.2. The van der Waals surface area contributed by atoms with Crippen LogP contribution in [0, 0.1) is 0 Å². The Morgan fingerprint density at radius 2 is 2.06 bits per heavy atom. The molecule has 0 spiro atoms. The Balaban J connectivity index is 1.62. The lowest BCUT2D eigenvalue weighted by atomic mass is 10.2. The first kappa shape index (κ1) is 12.0. The van der Waals surface area contributed by atoms with Crippen molar-refractivity contribution in [1.82, 2.24) is 5.32 Å². The van der Waals surface area contributed by atoms with E-state index < -0.39 is 0 Å². The van der Waals surface area contributed by atoms with E-state index in [9.17, 15) is 5.11 Å². The summed E-state index contributed by atoms with van der Waals surface area (Å²) in [6, 6.07) is 10.8. The van der Waals surface area contributed by atoms with Gasteiger partial charge in [-0.1, -0.05) is 18.2 Å². The smallest absolute Gasteiger partial charge is 0.0693 e. The van der Waals surface area contributed by atoms with Crippen LogP contribution in [0.3, 0.4) is 0 Å². The van der Waals surface area contributed by atoms with E-state index in [4.69, 9.17) is 0 Å². The summed E-state index contributed by atoms with van der Waals surface area (Å²) < 4.78 is 0. The summed E-state index contributed by atoms with van der Waals surface area (Å²) in [5, 5.41) is 13.1.